The van der Waals surface area contributed by atoms with Crippen molar-refractivity contribution in [3.8, 4) is 0 Å². The van der Waals surface area contributed by atoms with Crippen LogP contribution in [0.5, 0.6) is 0 Å². The van der Waals surface area contributed by atoms with E-state index in [4.69, 9.17) is 33.2 Å². The van der Waals surface area contributed by atoms with Crippen molar-refractivity contribution < 1.29 is 47.5 Å². The molecule has 0 N–H and O–H groups in total. The van der Waals surface area contributed by atoms with Gasteiger partial charge in [-0.15, -0.1) is 0 Å². The average Bonchev–Trinajstić information content (AvgIpc) is 2.88. The minimum Gasteiger partial charge on any atom is -0.466 e. The maximum atomic E-state index is 11.0. The number of rotatable bonds is 23. The highest BCUT2D eigenvalue weighted by Crippen LogP contribution is 2.17. The number of aryl methyl sites for hydroxylation is 1. The van der Waals surface area contributed by atoms with Crippen LogP contribution in [0.3, 0.4) is 0 Å². The summed E-state index contributed by atoms with van der Waals surface area (Å²) in [5.41, 5.74) is 0.355. The fourth-order valence-corrected chi connectivity index (χ4v) is 3.36. The van der Waals surface area contributed by atoms with E-state index in [0.29, 0.717) is 45.7 Å². The summed E-state index contributed by atoms with van der Waals surface area (Å²) in [6.07, 6.45) is 3.33. The first-order valence-corrected chi connectivity index (χ1v) is 13.1. The molecular formula is C28H44O10. The summed E-state index contributed by atoms with van der Waals surface area (Å²) in [4.78, 5) is 32.9. The van der Waals surface area contributed by atoms with Crippen molar-refractivity contribution in [2.24, 2.45) is 0 Å². The van der Waals surface area contributed by atoms with Gasteiger partial charge in [-0.05, 0) is 18.4 Å². The zero-order valence-corrected chi connectivity index (χ0v) is 23.1. The van der Waals surface area contributed by atoms with Crippen molar-refractivity contribution in [3.05, 3.63) is 35.9 Å². The fourth-order valence-electron chi connectivity index (χ4n) is 3.36. The van der Waals surface area contributed by atoms with Crippen molar-refractivity contribution in [2.45, 2.75) is 58.5 Å². The fraction of sp³-hybridized carbons (Fsp3) is 0.679. The number of benzene rings is 1. The predicted octanol–water partition coefficient (Wildman–Crippen LogP) is 3.28. The normalized spacial score (nSPS) is 11.2. The molecule has 0 aliphatic carbocycles. The lowest BCUT2D eigenvalue weighted by atomic mass is 10.1. The Labute approximate surface area is 226 Å². The molecule has 0 heterocycles. The Bertz CT molecular complexity index is 704. The predicted molar refractivity (Wildman–Crippen MR) is 140 cm³/mol. The number of hydrogen-bond acceptors (Lipinski definition) is 10. The smallest absolute Gasteiger partial charge is 0.302 e. The minimum atomic E-state index is -0.874. The molecule has 0 amide bonds. The summed E-state index contributed by atoms with van der Waals surface area (Å²) in [5, 5.41) is 0. The molecule has 0 radical (unpaired) electrons. The molecule has 0 spiro atoms. The molecule has 0 atom stereocenters. The van der Waals surface area contributed by atoms with Crippen LogP contribution in [0.4, 0.5) is 0 Å². The van der Waals surface area contributed by atoms with Crippen molar-refractivity contribution in [2.75, 3.05) is 66.1 Å². The Kier molecular flexibility index (Phi) is 18.9. The Morgan fingerprint density at radius 3 is 1.39 bits per heavy atom. The molecule has 1 aromatic rings. The first kappa shape index (κ1) is 33.5. The van der Waals surface area contributed by atoms with E-state index >= 15 is 0 Å². The third-order valence-electron chi connectivity index (χ3n) is 5.17. The topological polar surface area (TPSA) is 116 Å². The Morgan fingerprint density at radius 2 is 1.00 bits per heavy atom. The number of esters is 3. The highest BCUT2D eigenvalue weighted by atomic mass is 16.6. The summed E-state index contributed by atoms with van der Waals surface area (Å²) in [5.74, 6) is -0.985. The van der Waals surface area contributed by atoms with Gasteiger partial charge >= 0.3 is 17.9 Å². The number of hydrogen-bond donors (Lipinski definition) is 0. The molecule has 0 saturated carbocycles. The molecule has 0 fully saturated rings. The maximum absolute atomic E-state index is 11.0. The van der Waals surface area contributed by atoms with E-state index in [0.717, 1.165) is 12.8 Å². The third-order valence-corrected chi connectivity index (χ3v) is 5.17. The van der Waals surface area contributed by atoms with Gasteiger partial charge in [0.05, 0.1) is 39.6 Å². The van der Waals surface area contributed by atoms with Crippen molar-refractivity contribution in [3.63, 3.8) is 0 Å². The van der Waals surface area contributed by atoms with E-state index in [1.54, 1.807) is 0 Å². The maximum Gasteiger partial charge on any atom is 0.302 e. The van der Waals surface area contributed by atoms with Crippen LogP contribution in [-0.2, 0) is 54.0 Å². The van der Waals surface area contributed by atoms with Gasteiger partial charge in [0.15, 0.2) is 0 Å². The molecule has 0 aliphatic rings. The first-order valence-electron chi connectivity index (χ1n) is 13.1. The van der Waals surface area contributed by atoms with Gasteiger partial charge in [0, 0.05) is 66.5 Å². The van der Waals surface area contributed by atoms with Crippen molar-refractivity contribution in [1.82, 2.24) is 0 Å². The van der Waals surface area contributed by atoms with Crippen molar-refractivity contribution >= 4 is 17.9 Å². The number of ether oxygens (including phenoxy) is 7. The van der Waals surface area contributed by atoms with Crippen LogP contribution in [0, 0.1) is 0 Å². The molecule has 0 aliphatic heterocycles. The van der Waals surface area contributed by atoms with Crippen molar-refractivity contribution in [1.29, 1.82) is 0 Å². The lowest BCUT2D eigenvalue weighted by Gasteiger charge is -2.33. The van der Waals surface area contributed by atoms with Crippen LogP contribution in [-0.4, -0.2) is 89.6 Å². The van der Waals surface area contributed by atoms with Crippen LogP contribution in [0.2, 0.25) is 0 Å². The SMILES string of the molecule is CC(=O)OCCCOCC(COCCCOC(C)=O)(COCCCOC(C)=O)OCCCc1ccccc1. The zero-order valence-electron chi connectivity index (χ0n) is 23.1. The van der Waals surface area contributed by atoms with Gasteiger partial charge in [-0.25, -0.2) is 0 Å². The molecule has 0 saturated heterocycles. The summed E-state index contributed by atoms with van der Waals surface area (Å²) in [6.45, 7) is 7.18. The molecule has 10 heteroatoms. The largest absolute Gasteiger partial charge is 0.466 e. The molecule has 38 heavy (non-hydrogen) atoms. The molecule has 0 aromatic heterocycles. The van der Waals surface area contributed by atoms with Crippen LogP contribution < -0.4 is 0 Å². The Balaban J connectivity index is 2.70. The lowest BCUT2D eigenvalue weighted by Crippen LogP contribution is -2.48. The third kappa shape index (κ3) is 18.7. The quantitative estimate of drug-likeness (QED) is 0.116. The summed E-state index contributed by atoms with van der Waals surface area (Å²) in [6, 6.07) is 10.2. The monoisotopic (exact) mass is 540 g/mol. The van der Waals surface area contributed by atoms with Gasteiger partial charge in [-0.2, -0.15) is 0 Å². The second kappa shape index (κ2) is 21.4. The molecule has 0 bridgehead atoms. The average molecular weight is 541 g/mol. The van der Waals surface area contributed by atoms with Gasteiger partial charge in [0.2, 0.25) is 0 Å². The second-order valence-corrected chi connectivity index (χ2v) is 8.86. The van der Waals surface area contributed by atoms with Gasteiger partial charge in [0.1, 0.15) is 5.60 Å². The van der Waals surface area contributed by atoms with Gasteiger partial charge in [0.25, 0.3) is 0 Å². The van der Waals surface area contributed by atoms with E-state index < -0.39 is 5.60 Å². The molecular weight excluding hydrogens is 496 g/mol. The standard InChI is InChI=1S/C28H44O10/c1-24(29)35-17-8-14-32-21-28(22-33-15-9-18-36-25(2)30,23-34-16-10-19-37-26(3)31)38-20-7-13-27-11-5-4-6-12-27/h4-6,11-12H,7-10,13-23H2,1-3H3. The summed E-state index contributed by atoms with van der Waals surface area (Å²) < 4.78 is 38.9. The highest BCUT2D eigenvalue weighted by molar-refractivity contribution is 5.66. The van der Waals surface area contributed by atoms with E-state index in [2.05, 4.69) is 12.1 Å². The van der Waals surface area contributed by atoms with Gasteiger partial charge in [-0.3, -0.25) is 14.4 Å². The lowest BCUT2D eigenvalue weighted by molar-refractivity contribution is -0.169. The molecule has 0 unspecified atom stereocenters. The molecule has 216 valence electrons. The zero-order chi connectivity index (χ0) is 27.9. The minimum absolute atomic E-state index is 0.215. The number of carbonyl (C=O) groups is 3. The van der Waals surface area contributed by atoms with Crippen LogP contribution >= 0.6 is 0 Å². The summed E-state index contributed by atoms with van der Waals surface area (Å²) >= 11 is 0. The summed E-state index contributed by atoms with van der Waals surface area (Å²) in [7, 11) is 0. The van der Waals surface area contributed by atoms with Gasteiger partial charge in [-0.1, -0.05) is 30.3 Å². The molecule has 10 nitrogen and oxygen atoms in total. The Morgan fingerprint density at radius 1 is 0.579 bits per heavy atom. The Hall–Kier alpha value is -2.53. The highest BCUT2D eigenvalue weighted by Gasteiger charge is 2.33. The van der Waals surface area contributed by atoms with Crippen LogP contribution in [0.15, 0.2) is 30.3 Å². The van der Waals surface area contributed by atoms with Gasteiger partial charge < -0.3 is 33.2 Å². The van der Waals surface area contributed by atoms with Crippen LogP contribution in [0.1, 0.15) is 52.0 Å². The van der Waals surface area contributed by atoms with E-state index in [1.165, 1.54) is 26.3 Å². The van der Waals surface area contributed by atoms with E-state index in [-0.39, 0.29) is 57.5 Å². The number of carbonyl (C=O) groups excluding carboxylic acids is 3. The molecule has 1 aromatic carbocycles. The van der Waals surface area contributed by atoms with Crippen LogP contribution in [0.25, 0.3) is 0 Å². The second-order valence-electron chi connectivity index (χ2n) is 8.86. The van der Waals surface area contributed by atoms with E-state index in [9.17, 15) is 14.4 Å². The van der Waals surface area contributed by atoms with E-state index in [1.807, 2.05) is 18.2 Å². The first-order chi connectivity index (χ1) is 18.3. The molecule has 1 rings (SSSR count).